The predicted octanol–water partition coefficient (Wildman–Crippen LogP) is 2.02. The van der Waals surface area contributed by atoms with E-state index >= 15 is 0 Å². The number of carbonyl (C=O) groups is 1. The molecule has 0 fully saturated rings. The second-order valence-corrected chi connectivity index (χ2v) is 4.28. The first-order valence-electron chi connectivity index (χ1n) is 5.94. The Balaban J connectivity index is 2.75. The highest BCUT2D eigenvalue weighted by molar-refractivity contribution is 6.31. The molecule has 0 aliphatic heterocycles. The van der Waals surface area contributed by atoms with Crippen LogP contribution in [0.15, 0.2) is 18.2 Å². The van der Waals surface area contributed by atoms with Crippen molar-refractivity contribution in [1.82, 2.24) is 0 Å². The van der Waals surface area contributed by atoms with E-state index in [4.69, 9.17) is 22.1 Å². The summed E-state index contributed by atoms with van der Waals surface area (Å²) in [5, 5.41) is 3.34. The fourth-order valence-corrected chi connectivity index (χ4v) is 1.64. The molecule has 0 unspecified atom stereocenters. The minimum Gasteiger partial charge on any atom is -0.385 e. The fourth-order valence-electron chi connectivity index (χ4n) is 1.46. The zero-order chi connectivity index (χ0) is 14.1. The van der Waals surface area contributed by atoms with E-state index in [1.807, 2.05) is 0 Å². The zero-order valence-corrected chi connectivity index (χ0v) is 11.6. The number of hydrogen-bond donors (Lipinski definition) is 2. The highest BCUT2D eigenvalue weighted by atomic mass is 35.5. The van der Waals surface area contributed by atoms with Gasteiger partial charge in [-0.1, -0.05) is 23.4 Å². The number of amides is 1. The van der Waals surface area contributed by atoms with Crippen molar-refractivity contribution in [2.75, 3.05) is 25.6 Å². The van der Waals surface area contributed by atoms with E-state index in [0.717, 1.165) is 0 Å². The molecule has 0 spiro atoms. The number of carbonyl (C=O) groups excluding carboxylic acids is 1. The SMILES string of the molecule is COCCCC(=O)Nc1cc(Cl)ccc1C#CCN. The normalized spacial score (nSPS) is 9.63. The number of halogens is 1. The van der Waals surface area contributed by atoms with Crippen molar-refractivity contribution in [2.45, 2.75) is 12.8 Å². The van der Waals surface area contributed by atoms with E-state index in [2.05, 4.69) is 17.2 Å². The average molecular weight is 281 g/mol. The molecular formula is C14H17ClN2O2. The lowest BCUT2D eigenvalue weighted by atomic mass is 10.1. The van der Waals surface area contributed by atoms with E-state index in [9.17, 15) is 4.79 Å². The van der Waals surface area contributed by atoms with Crippen LogP contribution in [0.3, 0.4) is 0 Å². The Hall–Kier alpha value is -1.54. The Labute approximate surface area is 118 Å². The largest absolute Gasteiger partial charge is 0.385 e. The maximum absolute atomic E-state index is 11.7. The fraction of sp³-hybridized carbons (Fsp3) is 0.357. The highest BCUT2D eigenvalue weighted by Crippen LogP contribution is 2.20. The van der Waals surface area contributed by atoms with Crippen LogP contribution >= 0.6 is 11.6 Å². The summed E-state index contributed by atoms with van der Waals surface area (Å²) in [7, 11) is 1.61. The summed E-state index contributed by atoms with van der Waals surface area (Å²) in [4.78, 5) is 11.7. The molecule has 0 saturated carbocycles. The van der Waals surface area contributed by atoms with Gasteiger partial charge in [-0.3, -0.25) is 4.79 Å². The molecule has 0 aromatic heterocycles. The number of methoxy groups -OCH3 is 1. The van der Waals surface area contributed by atoms with Crippen LogP contribution in [0.5, 0.6) is 0 Å². The zero-order valence-electron chi connectivity index (χ0n) is 10.8. The van der Waals surface area contributed by atoms with Crippen LogP contribution in [0.25, 0.3) is 0 Å². The lowest BCUT2D eigenvalue weighted by Crippen LogP contribution is -2.13. The van der Waals surface area contributed by atoms with E-state index in [0.29, 0.717) is 35.7 Å². The van der Waals surface area contributed by atoms with Gasteiger partial charge in [0.25, 0.3) is 0 Å². The molecule has 5 heteroatoms. The number of nitrogens with two attached hydrogens (primary N) is 1. The van der Waals surface area contributed by atoms with Crippen molar-refractivity contribution in [3.05, 3.63) is 28.8 Å². The monoisotopic (exact) mass is 280 g/mol. The third-order valence-electron chi connectivity index (χ3n) is 2.33. The van der Waals surface area contributed by atoms with Gasteiger partial charge in [0.15, 0.2) is 0 Å². The summed E-state index contributed by atoms with van der Waals surface area (Å²) < 4.78 is 4.90. The number of benzene rings is 1. The molecule has 0 heterocycles. The second-order valence-electron chi connectivity index (χ2n) is 3.84. The van der Waals surface area contributed by atoms with Crippen molar-refractivity contribution >= 4 is 23.2 Å². The number of nitrogens with one attached hydrogen (secondary N) is 1. The van der Waals surface area contributed by atoms with Crippen molar-refractivity contribution in [2.24, 2.45) is 5.73 Å². The molecule has 0 radical (unpaired) electrons. The van der Waals surface area contributed by atoms with Gasteiger partial charge < -0.3 is 15.8 Å². The first-order valence-corrected chi connectivity index (χ1v) is 6.32. The van der Waals surface area contributed by atoms with Gasteiger partial charge in [-0.05, 0) is 24.6 Å². The minimum atomic E-state index is -0.0879. The summed E-state index contributed by atoms with van der Waals surface area (Å²) in [5.41, 5.74) is 6.65. The standard InChI is InChI=1S/C14H17ClN2O2/c1-19-9-3-5-14(18)17-13-10-12(15)7-6-11(13)4-2-8-16/h6-7,10H,3,5,8-9,16H2,1H3,(H,17,18). The molecule has 1 aromatic rings. The number of ether oxygens (including phenoxy) is 1. The molecule has 3 N–H and O–H groups in total. The molecule has 1 amide bonds. The first kappa shape index (κ1) is 15.5. The van der Waals surface area contributed by atoms with Gasteiger partial charge in [0.05, 0.1) is 12.2 Å². The quantitative estimate of drug-likeness (QED) is 0.641. The topological polar surface area (TPSA) is 64.3 Å². The Bertz CT molecular complexity index is 492. The Morgan fingerprint density at radius 1 is 1.53 bits per heavy atom. The van der Waals surface area contributed by atoms with Crippen LogP contribution in [0.2, 0.25) is 5.02 Å². The molecule has 19 heavy (non-hydrogen) atoms. The smallest absolute Gasteiger partial charge is 0.224 e. The average Bonchev–Trinajstić information content (AvgIpc) is 2.38. The molecule has 102 valence electrons. The highest BCUT2D eigenvalue weighted by Gasteiger charge is 2.06. The van der Waals surface area contributed by atoms with Gasteiger partial charge >= 0.3 is 0 Å². The van der Waals surface area contributed by atoms with Crippen LogP contribution in [0.4, 0.5) is 5.69 Å². The molecule has 4 nitrogen and oxygen atoms in total. The molecule has 0 aliphatic carbocycles. The molecule has 0 bridgehead atoms. The Morgan fingerprint density at radius 3 is 3.00 bits per heavy atom. The molecule has 1 rings (SSSR count). The van der Waals surface area contributed by atoms with E-state index in [-0.39, 0.29) is 12.5 Å². The summed E-state index contributed by atoms with van der Waals surface area (Å²) in [6.45, 7) is 0.826. The van der Waals surface area contributed by atoms with Crippen molar-refractivity contribution in [1.29, 1.82) is 0 Å². The van der Waals surface area contributed by atoms with Gasteiger partial charge in [-0.25, -0.2) is 0 Å². The molecular weight excluding hydrogens is 264 g/mol. The lowest BCUT2D eigenvalue weighted by Gasteiger charge is -2.08. The lowest BCUT2D eigenvalue weighted by molar-refractivity contribution is -0.116. The van der Waals surface area contributed by atoms with Gasteiger partial charge in [0.1, 0.15) is 0 Å². The van der Waals surface area contributed by atoms with Crippen LogP contribution in [-0.2, 0) is 9.53 Å². The second kappa shape index (κ2) is 8.54. The van der Waals surface area contributed by atoms with Crippen LogP contribution in [0.1, 0.15) is 18.4 Å². The Kier molecular flexibility index (Phi) is 6.98. The van der Waals surface area contributed by atoms with Crippen LogP contribution < -0.4 is 11.1 Å². The van der Waals surface area contributed by atoms with Crippen molar-refractivity contribution in [3.8, 4) is 11.8 Å². The number of anilines is 1. The van der Waals surface area contributed by atoms with Crippen molar-refractivity contribution in [3.63, 3.8) is 0 Å². The third-order valence-corrected chi connectivity index (χ3v) is 2.57. The molecule has 0 saturated heterocycles. The maximum Gasteiger partial charge on any atom is 0.224 e. The summed E-state index contributed by atoms with van der Waals surface area (Å²) in [5.74, 6) is 5.57. The van der Waals surface area contributed by atoms with Gasteiger partial charge in [-0.2, -0.15) is 0 Å². The van der Waals surface area contributed by atoms with Crippen LogP contribution in [-0.4, -0.2) is 26.2 Å². The third kappa shape index (κ3) is 5.75. The van der Waals surface area contributed by atoms with Crippen molar-refractivity contribution < 1.29 is 9.53 Å². The van der Waals surface area contributed by atoms with Gasteiger partial charge in [0.2, 0.25) is 5.91 Å². The minimum absolute atomic E-state index is 0.0879. The Morgan fingerprint density at radius 2 is 2.32 bits per heavy atom. The number of hydrogen-bond acceptors (Lipinski definition) is 3. The summed E-state index contributed by atoms with van der Waals surface area (Å²) in [6.07, 6.45) is 1.07. The van der Waals surface area contributed by atoms with E-state index in [1.54, 1.807) is 25.3 Å². The van der Waals surface area contributed by atoms with Crippen LogP contribution in [0, 0.1) is 11.8 Å². The molecule has 1 aromatic carbocycles. The van der Waals surface area contributed by atoms with E-state index in [1.165, 1.54) is 0 Å². The predicted molar refractivity (Wildman–Crippen MR) is 77.1 cm³/mol. The summed E-state index contributed by atoms with van der Waals surface area (Å²) >= 11 is 5.92. The number of rotatable bonds is 5. The van der Waals surface area contributed by atoms with E-state index < -0.39 is 0 Å². The first-order chi connectivity index (χ1) is 9.17. The molecule has 0 atom stereocenters. The summed E-state index contributed by atoms with van der Waals surface area (Å²) in [6, 6.07) is 5.16. The van der Waals surface area contributed by atoms with Gasteiger partial charge in [-0.15, -0.1) is 0 Å². The molecule has 0 aliphatic rings. The van der Waals surface area contributed by atoms with Gasteiger partial charge in [0, 0.05) is 30.7 Å². The maximum atomic E-state index is 11.7.